The van der Waals surface area contributed by atoms with Crippen molar-refractivity contribution in [2.24, 2.45) is 0 Å². The number of nitrogens with zero attached hydrogens (tertiary/aromatic N) is 2. The molecular formula is C15H20N2O4. The van der Waals surface area contributed by atoms with Crippen molar-refractivity contribution in [1.29, 1.82) is 0 Å². The van der Waals surface area contributed by atoms with Crippen molar-refractivity contribution in [3.63, 3.8) is 0 Å². The molecule has 1 fully saturated rings. The number of aliphatic carboxylic acids is 1. The largest absolute Gasteiger partial charge is 0.480 e. The average Bonchev–Trinajstić information content (AvgIpc) is 2.48. The molecule has 114 valence electrons. The van der Waals surface area contributed by atoms with Crippen molar-refractivity contribution < 1.29 is 19.4 Å². The summed E-state index contributed by atoms with van der Waals surface area (Å²) in [5.74, 6) is -1.03. The van der Waals surface area contributed by atoms with E-state index in [9.17, 15) is 14.7 Å². The number of hydrogen-bond acceptors (Lipinski definition) is 3. The van der Waals surface area contributed by atoms with Crippen LogP contribution in [0.2, 0.25) is 0 Å². The maximum atomic E-state index is 12.5. The van der Waals surface area contributed by atoms with Crippen molar-refractivity contribution in [2.75, 3.05) is 26.8 Å². The predicted molar refractivity (Wildman–Crippen MR) is 77.0 cm³/mol. The summed E-state index contributed by atoms with van der Waals surface area (Å²) in [5.41, 5.74) is 2.15. The van der Waals surface area contributed by atoms with Gasteiger partial charge in [-0.25, -0.2) is 9.59 Å². The first-order valence-corrected chi connectivity index (χ1v) is 6.87. The minimum Gasteiger partial charge on any atom is -0.480 e. The van der Waals surface area contributed by atoms with E-state index in [1.165, 1.54) is 4.90 Å². The molecule has 1 aliphatic heterocycles. The molecule has 21 heavy (non-hydrogen) atoms. The summed E-state index contributed by atoms with van der Waals surface area (Å²) in [5, 5.41) is 9.18. The summed E-state index contributed by atoms with van der Waals surface area (Å²) in [6.45, 7) is 3.15. The highest BCUT2D eigenvalue weighted by Gasteiger charge is 2.34. The third-order valence-electron chi connectivity index (χ3n) is 3.65. The number of urea groups is 1. The molecule has 6 heteroatoms. The third kappa shape index (κ3) is 3.52. The Labute approximate surface area is 123 Å². The maximum absolute atomic E-state index is 12.5. The smallest absolute Gasteiger partial charge is 0.328 e. The van der Waals surface area contributed by atoms with Crippen LogP contribution in [0.15, 0.2) is 24.3 Å². The molecule has 0 bridgehead atoms. The zero-order valence-electron chi connectivity index (χ0n) is 12.3. The quantitative estimate of drug-likeness (QED) is 0.912. The number of ether oxygens (including phenoxy) is 1. The topological polar surface area (TPSA) is 70.1 Å². The van der Waals surface area contributed by atoms with Gasteiger partial charge in [-0.2, -0.15) is 0 Å². The fraction of sp³-hybridized carbons (Fsp3) is 0.467. The highest BCUT2D eigenvalue weighted by molar-refractivity contribution is 5.83. The number of carbonyl (C=O) groups is 2. The molecule has 0 radical (unpaired) electrons. The summed E-state index contributed by atoms with van der Waals surface area (Å²) < 4.78 is 5.15. The molecule has 1 N–H and O–H groups in total. The van der Waals surface area contributed by atoms with Gasteiger partial charge in [0, 0.05) is 20.1 Å². The van der Waals surface area contributed by atoms with Crippen LogP contribution in [-0.2, 0) is 16.1 Å². The molecular weight excluding hydrogens is 272 g/mol. The van der Waals surface area contributed by atoms with E-state index in [1.54, 1.807) is 11.9 Å². The number of carboxylic acids is 1. The summed E-state index contributed by atoms with van der Waals surface area (Å²) in [6, 6.07) is 6.63. The Hall–Kier alpha value is -2.08. The second kappa shape index (κ2) is 6.58. The van der Waals surface area contributed by atoms with Gasteiger partial charge in [-0.1, -0.05) is 24.3 Å². The van der Waals surface area contributed by atoms with Gasteiger partial charge in [0.25, 0.3) is 0 Å². The van der Waals surface area contributed by atoms with Crippen LogP contribution in [0.25, 0.3) is 0 Å². The molecule has 1 aromatic carbocycles. The van der Waals surface area contributed by atoms with Crippen LogP contribution in [0.1, 0.15) is 11.1 Å². The van der Waals surface area contributed by atoms with Crippen LogP contribution in [0.5, 0.6) is 0 Å². The molecule has 1 aliphatic rings. The fourth-order valence-corrected chi connectivity index (χ4v) is 2.37. The normalized spacial score (nSPS) is 18.4. The number of morpholine rings is 1. The molecule has 1 atom stereocenters. The second-order valence-corrected chi connectivity index (χ2v) is 5.19. The first-order valence-electron chi connectivity index (χ1n) is 6.87. The molecule has 2 amide bonds. The van der Waals surface area contributed by atoms with Crippen molar-refractivity contribution in [2.45, 2.75) is 19.5 Å². The minimum atomic E-state index is -1.03. The van der Waals surface area contributed by atoms with Gasteiger partial charge < -0.3 is 19.6 Å². The number of carbonyl (C=O) groups excluding carboxylic acids is 1. The van der Waals surface area contributed by atoms with Gasteiger partial charge in [0.05, 0.1) is 13.2 Å². The second-order valence-electron chi connectivity index (χ2n) is 5.19. The molecule has 2 rings (SSSR count). The van der Waals surface area contributed by atoms with E-state index in [1.807, 2.05) is 31.2 Å². The first-order chi connectivity index (χ1) is 10.0. The third-order valence-corrected chi connectivity index (χ3v) is 3.65. The SMILES string of the molecule is Cc1ccccc1CN(C)C(=O)N1CCOCC1C(=O)O. The lowest BCUT2D eigenvalue weighted by Crippen LogP contribution is -2.55. The summed E-state index contributed by atoms with van der Waals surface area (Å²) >= 11 is 0. The number of amides is 2. The van der Waals surface area contributed by atoms with Crippen LogP contribution in [0, 0.1) is 6.92 Å². The Morgan fingerprint density at radius 3 is 2.81 bits per heavy atom. The van der Waals surface area contributed by atoms with Gasteiger partial charge in [0.1, 0.15) is 0 Å². The number of hydrogen-bond donors (Lipinski definition) is 1. The van der Waals surface area contributed by atoms with Gasteiger partial charge >= 0.3 is 12.0 Å². The van der Waals surface area contributed by atoms with E-state index in [-0.39, 0.29) is 12.6 Å². The molecule has 1 heterocycles. The van der Waals surface area contributed by atoms with E-state index in [0.29, 0.717) is 19.7 Å². The highest BCUT2D eigenvalue weighted by Crippen LogP contribution is 2.14. The monoisotopic (exact) mass is 292 g/mol. The van der Waals surface area contributed by atoms with E-state index < -0.39 is 12.0 Å². The van der Waals surface area contributed by atoms with Crippen molar-refractivity contribution in [3.05, 3.63) is 35.4 Å². The molecule has 0 saturated carbocycles. The molecule has 0 aliphatic carbocycles. The average molecular weight is 292 g/mol. The molecule has 6 nitrogen and oxygen atoms in total. The molecule has 0 spiro atoms. The molecule has 0 aromatic heterocycles. The van der Waals surface area contributed by atoms with Crippen LogP contribution in [-0.4, -0.2) is 59.8 Å². The molecule has 1 aromatic rings. The first kappa shape index (κ1) is 15.3. The van der Waals surface area contributed by atoms with Crippen LogP contribution in [0.3, 0.4) is 0 Å². The zero-order valence-corrected chi connectivity index (χ0v) is 12.3. The summed E-state index contributed by atoms with van der Waals surface area (Å²) in [7, 11) is 1.68. The lowest BCUT2D eigenvalue weighted by Gasteiger charge is -2.35. The Balaban J connectivity index is 2.07. The molecule has 1 saturated heterocycles. The summed E-state index contributed by atoms with van der Waals surface area (Å²) in [6.07, 6.45) is 0. The van der Waals surface area contributed by atoms with Gasteiger partial charge in [-0.05, 0) is 18.1 Å². The Morgan fingerprint density at radius 2 is 2.14 bits per heavy atom. The van der Waals surface area contributed by atoms with Crippen LogP contribution in [0.4, 0.5) is 4.79 Å². The lowest BCUT2D eigenvalue weighted by molar-refractivity contribution is -0.147. The maximum Gasteiger partial charge on any atom is 0.328 e. The molecule has 1 unspecified atom stereocenters. The van der Waals surface area contributed by atoms with E-state index in [0.717, 1.165) is 11.1 Å². The number of aryl methyl sites for hydroxylation is 1. The number of benzene rings is 1. The van der Waals surface area contributed by atoms with Gasteiger partial charge in [0.15, 0.2) is 6.04 Å². The van der Waals surface area contributed by atoms with E-state index in [2.05, 4.69) is 0 Å². The zero-order chi connectivity index (χ0) is 15.4. The minimum absolute atomic E-state index is 0.0410. The van der Waals surface area contributed by atoms with Crippen molar-refractivity contribution in [3.8, 4) is 0 Å². The highest BCUT2D eigenvalue weighted by atomic mass is 16.5. The Bertz CT molecular complexity index is 532. The lowest BCUT2D eigenvalue weighted by atomic mass is 10.1. The number of rotatable bonds is 3. The van der Waals surface area contributed by atoms with E-state index >= 15 is 0 Å². The van der Waals surface area contributed by atoms with Crippen LogP contribution < -0.4 is 0 Å². The standard InChI is InChI=1S/C15H20N2O4/c1-11-5-3-4-6-12(11)9-16(2)15(20)17-7-8-21-10-13(17)14(18)19/h3-6,13H,7-10H2,1-2H3,(H,18,19). The predicted octanol–water partition coefficient (Wildman–Crippen LogP) is 1.33. The van der Waals surface area contributed by atoms with Gasteiger partial charge in [-0.15, -0.1) is 0 Å². The van der Waals surface area contributed by atoms with Gasteiger partial charge in [0.2, 0.25) is 0 Å². The summed E-state index contributed by atoms with van der Waals surface area (Å²) in [4.78, 5) is 26.6. The Kier molecular flexibility index (Phi) is 4.80. The fourth-order valence-electron chi connectivity index (χ4n) is 2.37. The Morgan fingerprint density at radius 1 is 1.43 bits per heavy atom. The van der Waals surface area contributed by atoms with Crippen molar-refractivity contribution in [1.82, 2.24) is 9.80 Å². The van der Waals surface area contributed by atoms with Gasteiger partial charge in [-0.3, -0.25) is 0 Å². The van der Waals surface area contributed by atoms with Crippen molar-refractivity contribution >= 4 is 12.0 Å². The van der Waals surface area contributed by atoms with E-state index in [4.69, 9.17) is 4.74 Å². The van der Waals surface area contributed by atoms with Crippen LogP contribution >= 0.6 is 0 Å². The number of carboxylic acid groups (broad SMARTS) is 1.